The van der Waals surface area contributed by atoms with Crippen molar-refractivity contribution in [2.24, 2.45) is 0 Å². The second kappa shape index (κ2) is 5.99. The number of thiol groups is 1. The fourth-order valence-electron chi connectivity index (χ4n) is 1.61. The smallest absolute Gasteiger partial charge is 0.0234 e. The van der Waals surface area contributed by atoms with Crippen LogP contribution in [-0.2, 0) is 6.54 Å². The van der Waals surface area contributed by atoms with Gasteiger partial charge in [0.2, 0.25) is 0 Å². The minimum absolute atomic E-state index is 0.762. The number of rotatable bonds is 5. The van der Waals surface area contributed by atoms with E-state index in [0.29, 0.717) is 0 Å². The van der Waals surface area contributed by atoms with Gasteiger partial charge in [-0.05, 0) is 19.5 Å². The van der Waals surface area contributed by atoms with Gasteiger partial charge in [0.15, 0.2) is 0 Å². The highest BCUT2D eigenvalue weighted by Gasteiger charge is 2.01. The van der Waals surface area contributed by atoms with Crippen molar-refractivity contribution in [1.29, 1.82) is 0 Å². The lowest BCUT2D eigenvalue weighted by molar-refractivity contribution is 0.356. The Morgan fingerprint density at radius 1 is 1.47 bits per heavy atom. The summed E-state index contributed by atoms with van der Waals surface area (Å²) in [6.45, 7) is 7.96. The lowest BCUT2D eigenvalue weighted by Gasteiger charge is -2.17. The van der Waals surface area contributed by atoms with Gasteiger partial charge in [-0.2, -0.15) is 12.6 Å². The molecule has 0 spiro atoms. The first-order valence-corrected chi connectivity index (χ1v) is 5.76. The fraction of sp³-hybridized carbons (Fsp3) is 0.385. The summed E-state index contributed by atoms with van der Waals surface area (Å²) in [5.41, 5.74) is 3.83. The fourth-order valence-corrected chi connectivity index (χ4v) is 1.71. The number of likely N-dealkylation sites (N-methyl/N-ethyl adjacent to an activating group) is 1. The van der Waals surface area contributed by atoms with E-state index in [9.17, 15) is 0 Å². The van der Waals surface area contributed by atoms with Gasteiger partial charge in [-0.1, -0.05) is 42.0 Å². The van der Waals surface area contributed by atoms with E-state index in [1.165, 1.54) is 11.1 Å². The minimum Gasteiger partial charge on any atom is -0.298 e. The van der Waals surface area contributed by atoms with Crippen molar-refractivity contribution in [3.63, 3.8) is 0 Å². The number of aryl methyl sites for hydroxylation is 1. The monoisotopic (exact) mass is 221 g/mol. The first-order valence-electron chi connectivity index (χ1n) is 5.13. The van der Waals surface area contributed by atoms with E-state index in [1.807, 2.05) is 0 Å². The standard InChI is InChI=1S/C13H19NS/c1-11-5-4-6-13(7-11)9-14(3)8-12(2)10-15/h4-7,15H,2,8-10H2,1,3H3. The number of hydrogen-bond acceptors (Lipinski definition) is 2. The predicted molar refractivity (Wildman–Crippen MR) is 70.5 cm³/mol. The van der Waals surface area contributed by atoms with Crippen molar-refractivity contribution in [2.45, 2.75) is 13.5 Å². The van der Waals surface area contributed by atoms with E-state index in [2.05, 4.69) is 62.3 Å². The van der Waals surface area contributed by atoms with Crippen LogP contribution in [0.1, 0.15) is 11.1 Å². The van der Waals surface area contributed by atoms with E-state index < -0.39 is 0 Å². The van der Waals surface area contributed by atoms with Gasteiger partial charge in [0.1, 0.15) is 0 Å². The molecule has 0 saturated heterocycles. The molecule has 82 valence electrons. The molecule has 0 amide bonds. The summed E-state index contributed by atoms with van der Waals surface area (Å²) in [6.07, 6.45) is 0. The maximum atomic E-state index is 4.21. The Morgan fingerprint density at radius 3 is 2.80 bits per heavy atom. The highest BCUT2D eigenvalue weighted by atomic mass is 32.1. The third-order valence-electron chi connectivity index (χ3n) is 2.25. The van der Waals surface area contributed by atoms with Crippen LogP contribution >= 0.6 is 12.6 Å². The third kappa shape index (κ3) is 4.54. The van der Waals surface area contributed by atoms with Gasteiger partial charge in [0.25, 0.3) is 0 Å². The van der Waals surface area contributed by atoms with Crippen LogP contribution in [0.5, 0.6) is 0 Å². The molecular formula is C13H19NS. The van der Waals surface area contributed by atoms with Crippen LogP contribution in [0.25, 0.3) is 0 Å². The second-order valence-corrected chi connectivity index (χ2v) is 4.39. The van der Waals surface area contributed by atoms with Crippen LogP contribution < -0.4 is 0 Å². The summed E-state index contributed by atoms with van der Waals surface area (Å²) in [5, 5.41) is 0. The zero-order chi connectivity index (χ0) is 11.3. The van der Waals surface area contributed by atoms with E-state index in [1.54, 1.807) is 0 Å². The molecule has 1 aromatic carbocycles. The molecule has 0 aliphatic heterocycles. The Bertz CT molecular complexity index is 333. The maximum absolute atomic E-state index is 4.21. The molecule has 1 rings (SSSR count). The second-order valence-electron chi connectivity index (χ2n) is 4.07. The topological polar surface area (TPSA) is 3.24 Å². The van der Waals surface area contributed by atoms with E-state index in [4.69, 9.17) is 0 Å². The van der Waals surface area contributed by atoms with Gasteiger partial charge in [0, 0.05) is 18.8 Å². The number of nitrogens with zero attached hydrogens (tertiary/aromatic N) is 1. The van der Waals surface area contributed by atoms with Crippen molar-refractivity contribution in [2.75, 3.05) is 19.3 Å². The van der Waals surface area contributed by atoms with Gasteiger partial charge < -0.3 is 0 Å². The minimum atomic E-state index is 0.762. The summed E-state index contributed by atoms with van der Waals surface area (Å²) in [6, 6.07) is 8.61. The van der Waals surface area contributed by atoms with Crippen LogP contribution in [0.4, 0.5) is 0 Å². The van der Waals surface area contributed by atoms with Crippen LogP contribution in [-0.4, -0.2) is 24.2 Å². The van der Waals surface area contributed by atoms with Crippen LogP contribution in [0.3, 0.4) is 0 Å². The van der Waals surface area contributed by atoms with E-state index in [-0.39, 0.29) is 0 Å². The van der Waals surface area contributed by atoms with Gasteiger partial charge in [-0.15, -0.1) is 0 Å². The lowest BCUT2D eigenvalue weighted by Crippen LogP contribution is -2.20. The number of hydrogen-bond donors (Lipinski definition) is 1. The summed E-state index contributed by atoms with van der Waals surface area (Å²) in [7, 11) is 2.11. The lowest BCUT2D eigenvalue weighted by atomic mass is 10.1. The Kier molecular flexibility index (Phi) is 4.92. The molecule has 15 heavy (non-hydrogen) atoms. The quantitative estimate of drug-likeness (QED) is 0.591. The Balaban J connectivity index is 2.51. The molecule has 0 saturated carbocycles. The average Bonchev–Trinajstić information content (AvgIpc) is 2.17. The van der Waals surface area contributed by atoms with Gasteiger partial charge >= 0.3 is 0 Å². The first kappa shape index (κ1) is 12.3. The van der Waals surface area contributed by atoms with Gasteiger partial charge in [-0.3, -0.25) is 4.90 Å². The molecular weight excluding hydrogens is 202 g/mol. The normalized spacial score (nSPS) is 10.7. The van der Waals surface area contributed by atoms with Crippen molar-refractivity contribution >= 4 is 12.6 Å². The molecule has 2 heteroatoms. The van der Waals surface area contributed by atoms with Crippen molar-refractivity contribution in [3.8, 4) is 0 Å². The predicted octanol–water partition coefficient (Wildman–Crippen LogP) is 2.91. The molecule has 0 unspecified atom stereocenters. The summed E-state index contributed by atoms with van der Waals surface area (Å²) < 4.78 is 0. The van der Waals surface area contributed by atoms with Gasteiger partial charge in [0.05, 0.1) is 0 Å². The molecule has 1 nitrogen and oxygen atoms in total. The van der Waals surface area contributed by atoms with Crippen molar-refractivity contribution in [1.82, 2.24) is 4.90 Å². The maximum Gasteiger partial charge on any atom is 0.0234 e. The zero-order valence-corrected chi connectivity index (χ0v) is 10.4. The third-order valence-corrected chi connectivity index (χ3v) is 2.70. The van der Waals surface area contributed by atoms with Crippen LogP contribution in [0, 0.1) is 6.92 Å². The van der Waals surface area contributed by atoms with E-state index in [0.717, 1.165) is 24.4 Å². The summed E-state index contributed by atoms with van der Waals surface area (Å²) in [5.74, 6) is 0.762. The molecule has 0 heterocycles. The zero-order valence-electron chi connectivity index (χ0n) is 9.53. The molecule has 0 fully saturated rings. The van der Waals surface area contributed by atoms with Crippen molar-refractivity contribution < 1.29 is 0 Å². The Labute approximate surface area is 98.2 Å². The molecule has 1 aromatic rings. The summed E-state index contributed by atoms with van der Waals surface area (Å²) >= 11 is 4.21. The molecule has 0 aromatic heterocycles. The van der Waals surface area contributed by atoms with E-state index >= 15 is 0 Å². The first-order chi connectivity index (χ1) is 7.11. The van der Waals surface area contributed by atoms with Crippen LogP contribution in [0.15, 0.2) is 36.4 Å². The molecule has 0 aliphatic rings. The van der Waals surface area contributed by atoms with Crippen LogP contribution in [0.2, 0.25) is 0 Å². The highest BCUT2D eigenvalue weighted by Crippen LogP contribution is 2.07. The molecule has 0 atom stereocenters. The molecule has 0 radical (unpaired) electrons. The van der Waals surface area contributed by atoms with Gasteiger partial charge in [-0.25, -0.2) is 0 Å². The Hall–Kier alpha value is -0.730. The Morgan fingerprint density at radius 2 is 2.20 bits per heavy atom. The largest absolute Gasteiger partial charge is 0.298 e. The highest BCUT2D eigenvalue weighted by molar-refractivity contribution is 7.80. The van der Waals surface area contributed by atoms with Crippen molar-refractivity contribution in [3.05, 3.63) is 47.5 Å². The molecule has 0 N–H and O–H groups in total. The molecule has 0 bridgehead atoms. The average molecular weight is 221 g/mol. The number of benzene rings is 1. The molecule has 0 aliphatic carbocycles. The summed E-state index contributed by atoms with van der Waals surface area (Å²) in [4.78, 5) is 2.26. The SMILES string of the molecule is C=C(CS)CN(C)Cc1cccc(C)c1.